The molecule has 0 aliphatic carbocycles. The quantitative estimate of drug-likeness (QED) is 0.653. The van der Waals surface area contributed by atoms with Crippen LogP contribution in [0.25, 0.3) is 22.3 Å². The number of carbonyl (C=O) groups excluding carboxylic acids is 1. The van der Waals surface area contributed by atoms with Crippen molar-refractivity contribution in [3.05, 3.63) is 48.3 Å². The predicted octanol–water partition coefficient (Wildman–Crippen LogP) is 1.51. The molecule has 0 radical (unpaired) electrons. The third-order valence-electron chi connectivity index (χ3n) is 4.59. The van der Waals surface area contributed by atoms with E-state index in [2.05, 4.69) is 20.3 Å². The fourth-order valence-corrected chi connectivity index (χ4v) is 3.19. The maximum Gasteiger partial charge on any atom is 0.252 e. The lowest BCUT2D eigenvalue weighted by Crippen LogP contribution is -2.47. The Balaban J connectivity index is 1.62. The summed E-state index contributed by atoms with van der Waals surface area (Å²) >= 11 is 0. The van der Waals surface area contributed by atoms with Crippen LogP contribution in [0.3, 0.4) is 0 Å². The van der Waals surface area contributed by atoms with Gasteiger partial charge in [0.05, 0.1) is 23.9 Å². The van der Waals surface area contributed by atoms with E-state index < -0.39 is 12.2 Å². The van der Waals surface area contributed by atoms with Gasteiger partial charge in [0.15, 0.2) is 11.6 Å². The highest BCUT2D eigenvalue weighted by Gasteiger charge is 2.24. The second-order valence-electron chi connectivity index (χ2n) is 6.95. The number of carbonyl (C=O) groups is 1. The molecule has 4 rings (SSSR count). The average Bonchev–Trinajstić information content (AvgIpc) is 2.73. The maximum absolute atomic E-state index is 11.9. The number of pyridine rings is 1. The van der Waals surface area contributed by atoms with Gasteiger partial charge in [-0.1, -0.05) is 24.3 Å². The lowest BCUT2D eigenvalue weighted by Gasteiger charge is -2.22. The normalized spacial score (nSPS) is 17.7. The Morgan fingerprint density at radius 1 is 1.28 bits per heavy atom. The van der Waals surface area contributed by atoms with E-state index in [1.54, 1.807) is 19.3 Å². The summed E-state index contributed by atoms with van der Waals surface area (Å²) in [5.74, 6) is 0.108. The molecule has 150 valence electrons. The van der Waals surface area contributed by atoms with E-state index in [1.807, 2.05) is 30.3 Å². The minimum Gasteiger partial charge on any atom is -0.473 e. The van der Waals surface area contributed by atoms with E-state index in [0.717, 1.165) is 11.1 Å². The van der Waals surface area contributed by atoms with Crippen LogP contribution in [-0.4, -0.2) is 57.9 Å². The van der Waals surface area contributed by atoms with Crippen LogP contribution in [-0.2, 0) is 16.0 Å². The molecule has 0 spiro atoms. The smallest absolute Gasteiger partial charge is 0.252 e. The highest BCUT2D eigenvalue weighted by molar-refractivity contribution is 5.84. The third kappa shape index (κ3) is 4.49. The van der Waals surface area contributed by atoms with Gasteiger partial charge in [0.1, 0.15) is 6.61 Å². The van der Waals surface area contributed by atoms with Gasteiger partial charge < -0.3 is 19.9 Å². The van der Waals surface area contributed by atoms with Crippen LogP contribution in [0.4, 0.5) is 0 Å². The zero-order valence-electron chi connectivity index (χ0n) is 16.0. The fourth-order valence-electron chi connectivity index (χ4n) is 3.19. The molecule has 8 nitrogen and oxygen atoms in total. The van der Waals surface area contributed by atoms with E-state index in [4.69, 9.17) is 9.47 Å². The van der Waals surface area contributed by atoms with Crippen LogP contribution in [0.5, 0.6) is 5.88 Å². The molecular formula is C21H22N4O4. The molecule has 8 heteroatoms. The number of aromatic nitrogens is 3. The summed E-state index contributed by atoms with van der Waals surface area (Å²) in [7, 11) is 0. The SMILES string of the molecule is C[C@@H](O)Cc1ccc(-c2cc3nccnc3c(OCC3OCCNC3=O)n2)cc1. The number of morpholine rings is 1. The number of benzene rings is 1. The first kappa shape index (κ1) is 19.2. The van der Waals surface area contributed by atoms with Gasteiger partial charge in [-0.15, -0.1) is 0 Å². The number of nitrogens with zero attached hydrogens (tertiary/aromatic N) is 3. The molecule has 1 aromatic carbocycles. The molecule has 3 heterocycles. The van der Waals surface area contributed by atoms with Gasteiger partial charge in [-0.05, 0) is 25.0 Å². The largest absolute Gasteiger partial charge is 0.473 e. The van der Waals surface area contributed by atoms with Crippen molar-refractivity contribution in [3.8, 4) is 17.1 Å². The first-order valence-corrected chi connectivity index (χ1v) is 9.51. The Morgan fingerprint density at radius 3 is 2.83 bits per heavy atom. The van der Waals surface area contributed by atoms with Crippen molar-refractivity contribution in [2.75, 3.05) is 19.8 Å². The molecule has 3 aromatic rings. The Morgan fingerprint density at radius 2 is 2.07 bits per heavy atom. The number of nitrogens with one attached hydrogen (secondary N) is 1. The van der Waals surface area contributed by atoms with Crippen molar-refractivity contribution >= 4 is 16.9 Å². The van der Waals surface area contributed by atoms with E-state index >= 15 is 0 Å². The van der Waals surface area contributed by atoms with Crippen molar-refractivity contribution in [2.45, 2.75) is 25.6 Å². The molecule has 1 amide bonds. The summed E-state index contributed by atoms with van der Waals surface area (Å²) in [4.78, 5) is 25.2. The minimum absolute atomic E-state index is 0.0429. The third-order valence-corrected chi connectivity index (χ3v) is 4.59. The lowest BCUT2D eigenvalue weighted by atomic mass is 10.0. The Kier molecular flexibility index (Phi) is 5.64. The first-order chi connectivity index (χ1) is 14.1. The summed E-state index contributed by atoms with van der Waals surface area (Å²) in [5.41, 5.74) is 3.79. The van der Waals surface area contributed by atoms with Crippen LogP contribution < -0.4 is 10.1 Å². The molecule has 2 atom stereocenters. The second kappa shape index (κ2) is 8.50. The van der Waals surface area contributed by atoms with Gasteiger partial charge in [-0.2, -0.15) is 0 Å². The van der Waals surface area contributed by atoms with Gasteiger partial charge in [0, 0.05) is 24.5 Å². The van der Waals surface area contributed by atoms with Gasteiger partial charge in [0.2, 0.25) is 5.88 Å². The summed E-state index contributed by atoms with van der Waals surface area (Å²) in [6, 6.07) is 9.67. The molecule has 1 aliphatic rings. The Hall–Kier alpha value is -3.10. The average molecular weight is 394 g/mol. The second-order valence-corrected chi connectivity index (χ2v) is 6.95. The number of hydrogen-bond donors (Lipinski definition) is 2. The van der Waals surface area contributed by atoms with Gasteiger partial charge >= 0.3 is 0 Å². The topological polar surface area (TPSA) is 106 Å². The number of amides is 1. The van der Waals surface area contributed by atoms with Crippen LogP contribution in [0.2, 0.25) is 0 Å². The standard InChI is InChI=1S/C21H22N4O4/c1-13(26)10-14-2-4-15(5-3-14)16-11-17-19(23-7-6-22-17)21(25-16)29-12-18-20(27)24-8-9-28-18/h2-7,11,13,18,26H,8-10,12H2,1H3,(H,24,27)/t13-,18?/m1/s1. The molecule has 1 unspecified atom stereocenters. The lowest BCUT2D eigenvalue weighted by molar-refractivity contribution is -0.139. The van der Waals surface area contributed by atoms with Crippen molar-refractivity contribution < 1.29 is 19.4 Å². The number of hydrogen-bond acceptors (Lipinski definition) is 7. The molecule has 2 aromatic heterocycles. The number of aliphatic hydroxyl groups is 1. The molecule has 1 saturated heterocycles. The monoisotopic (exact) mass is 394 g/mol. The highest BCUT2D eigenvalue weighted by Crippen LogP contribution is 2.27. The van der Waals surface area contributed by atoms with Crippen molar-refractivity contribution in [1.82, 2.24) is 20.3 Å². The van der Waals surface area contributed by atoms with Gasteiger partial charge in [-0.25, -0.2) is 9.97 Å². The van der Waals surface area contributed by atoms with E-state index in [9.17, 15) is 9.90 Å². The minimum atomic E-state index is -0.680. The van der Waals surface area contributed by atoms with Gasteiger partial charge in [0.25, 0.3) is 5.91 Å². The zero-order valence-corrected chi connectivity index (χ0v) is 16.0. The van der Waals surface area contributed by atoms with Crippen LogP contribution >= 0.6 is 0 Å². The van der Waals surface area contributed by atoms with E-state index in [1.165, 1.54) is 0 Å². The molecule has 29 heavy (non-hydrogen) atoms. The van der Waals surface area contributed by atoms with Gasteiger partial charge in [-0.3, -0.25) is 9.78 Å². The van der Waals surface area contributed by atoms with E-state index in [0.29, 0.717) is 42.2 Å². The Bertz CT molecular complexity index is 1010. The molecule has 0 bridgehead atoms. The van der Waals surface area contributed by atoms with Crippen LogP contribution in [0.1, 0.15) is 12.5 Å². The number of rotatable bonds is 6. The summed E-state index contributed by atoms with van der Waals surface area (Å²) < 4.78 is 11.3. The van der Waals surface area contributed by atoms with Crippen LogP contribution in [0.15, 0.2) is 42.7 Å². The Labute approximate surface area is 167 Å². The van der Waals surface area contributed by atoms with Crippen molar-refractivity contribution in [2.24, 2.45) is 0 Å². The molecule has 0 saturated carbocycles. The maximum atomic E-state index is 11.9. The number of aliphatic hydroxyl groups excluding tert-OH is 1. The highest BCUT2D eigenvalue weighted by atomic mass is 16.5. The summed E-state index contributed by atoms with van der Waals surface area (Å²) in [5, 5.41) is 12.3. The molecular weight excluding hydrogens is 372 g/mol. The zero-order chi connectivity index (χ0) is 20.2. The number of ether oxygens (including phenoxy) is 2. The summed E-state index contributed by atoms with van der Waals surface area (Å²) in [6.07, 6.45) is 2.70. The number of fused-ring (bicyclic) bond motifs is 1. The molecule has 2 N–H and O–H groups in total. The van der Waals surface area contributed by atoms with Crippen molar-refractivity contribution in [3.63, 3.8) is 0 Å². The fraction of sp³-hybridized carbons (Fsp3) is 0.333. The predicted molar refractivity (Wildman–Crippen MR) is 106 cm³/mol. The van der Waals surface area contributed by atoms with Crippen molar-refractivity contribution in [1.29, 1.82) is 0 Å². The van der Waals surface area contributed by atoms with E-state index in [-0.39, 0.29) is 12.5 Å². The molecule has 1 aliphatic heterocycles. The molecule has 1 fully saturated rings. The van der Waals surface area contributed by atoms with Crippen LogP contribution in [0, 0.1) is 0 Å². The summed E-state index contributed by atoms with van der Waals surface area (Å²) in [6.45, 7) is 2.76. The first-order valence-electron chi connectivity index (χ1n) is 9.51.